The second kappa shape index (κ2) is 3.77. The molecule has 0 aliphatic carbocycles. The summed E-state index contributed by atoms with van der Waals surface area (Å²) in [6.45, 7) is 0. The van der Waals surface area contributed by atoms with Gasteiger partial charge in [0.2, 0.25) is 5.89 Å². The zero-order valence-electron chi connectivity index (χ0n) is 5.71. The van der Waals surface area contributed by atoms with Crippen LogP contribution in [0.4, 0.5) is 13.2 Å². The SMILES string of the molecule is Cl.NC(c1ncco1)C(F)(F)F. The van der Waals surface area contributed by atoms with Crippen molar-refractivity contribution in [2.45, 2.75) is 12.2 Å². The van der Waals surface area contributed by atoms with E-state index in [1.54, 1.807) is 0 Å². The summed E-state index contributed by atoms with van der Waals surface area (Å²) < 4.78 is 39.7. The lowest BCUT2D eigenvalue weighted by molar-refractivity contribution is -0.153. The minimum absolute atomic E-state index is 0. The van der Waals surface area contributed by atoms with E-state index >= 15 is 0 Å². The van der Waals surface area contributed by atoms with Gasteiger partial charge in [-0.25, -0.2) is 4.98 Å². The smallest absolute Gasteiger partial charge is 0.412 e. The number of aromatic nitrogens is 1. The molecule has 0 aliphatic heterocycles. The van der Waals surface area contributed by atoms with Crippen LogP contribution in [0, 0.1) is 0 Å². The van der Waals surface area contributed by atoms with Gasteiger partial charge in [0, 0.05) is 0 Å². The Bertz CT molecular complexity index is 223. The van der Waals surface area contributed by atoms with Crippen LogP contribution in [-0.2, 0) is 0 Å². The van der Waals surface area contributed by atoms with Gasteiger partial charge in [0.1, 0.15) is 6.26 Å². The van der Waals surface area contributed by atoms with Crippen LogP contribution < -0.4 is 5.73 Å². The molecule has 1 aromatic rings. The number of hydrogen-bond donors (Lipinski definition) is 1. The molecule has 0 aliphatic rings. The van der Waals surface area contributed by atoms with Gasteiger partial charge in [0.25, 0.3) is 0 Å². The van der Waals surface area contributed by atoms with Crippen molar-refractivity contribution in [2.75, 3.05) is 0 Å². The predicted molar refractivity (Wildman–Crippen MR) is 36.7 cm³/mol. The van der Waals surface area contributed by atoms with E-state index in [4.69, 9.17) is 5.73 Å². The highest BCUT2D eigenvalue weighted by Crippen LogP contribution is 2.28. The first kappa shape index (κ1) is 11.2. The maximum absolute atomic E-state index is 11.8. The van der Waals surface area contributed by atoms with E-state index < -0.39 is 18.1 Å². The van der Waals surface area contributed by atoms with Crippen LogP contribution >= 0.6 is 12.4 Å². The van der Waals surface area contributed by atoms with Crippen molar-refractivity contribution >= 4 is 12.4 Å². The molecule has 0 fully saturated rings. The monoisotopic (exact) mass is 202 g/mol. The highest BCUT2D eigenvalue weighted by Gasteiger charge is 2.40. The fraction of sp³-hybridized carbons (Fsp3) is 0.400. The third kappa shape index (κ3) is 2.38. The summed E-state index contributed by atoms with van der Waals surface area (Å²) >= 11 is 0. The van der Waals surface area contributed by atoms with Crippen LogP contribution in [0.2, 0.25) is 0 Å². The van der Waals surface area contributed by atoms with Crippen LogP contribution in [0.15, 0.2) is 16.9 Å². The number of hydrogen-bond acceptors (Lipinski definition) is 3. The number of rotatable bonds is 1. The summed E-state index contributed by atoms with van der Waals surface area (Å²) in [5, 5.41) is 0. The van der Waals surface area contributed by atoms with Crippen LogP contribution in [0.1, 0.15) is 11.9 Å². The van der Waals surface area contributed by atoms with Gasteiger partial charge in [-0.2, -0.15) is 13.2 Å². The molecule has 1 unspecified atom stereocenters. The first-order chi connectivity index (χ1) is 5.02. The lowest BCUT2D eigenvalue weighted by Crippen LogP contribution is -2.28. The molecule has 12 heavy (non-hydrogen) atoms. The number of alkyl halides is 3. The van der Waals surface area contributed by atoms with Crippen LogP contribution in [0.3, 0.4) is 0 Å². The van der Waals surface area contributed by atoms with Crippen LogP contribution in [-0.4, -0.2) is 11.2 Å². The predicted octanol–water partition coefficient (Wildman–Crippen LogP) is 1.66. The molecule has 0 saturated carbocycles. The summed E-state index contributed by atoms with van der Waals surface area (Å²) in [5.41, 5.74) is 4.74. The minimum Gasteiger partial charge on any atom is -0.447 e. The molecule has 0 amide bonds. The van der Waals surface area contributed by atoms with Crippen molar-refractivity contribution in [1.82, 2.24) is 4.98 Å². The van der Waals surface area contributed by atoms with Crippen molar-refractivity contribution in [2.24, 2.45) is 5.73 Å². The Morgan fingerprint density at radius 3 is 2.42 bits per heavy atom. The van der Waals surface area contributed by atoms with Crippen molar-refractivity contribution in [3.05, 3.63) is 18.4 Å². The summed E-state index contributed by atoms with van der Waals surface area (Å²) in [6, 6.07) is -2.13. The zero-order chi connectivity index (χ0) is 8.48. The third-order valence-electron chi connectivity index (χ3n) is 1.07. The Balaban J connectivity index is 0.00000121. The third-order valence-corrected chi connectivity index (χ3v) is 1.07. The van der Waals surface area contributed by atoms with Gasteiger partial charge in [-0.1, -0.05) is 0 Å². The molecule has 2 N–H and O–H groups in total. The highest BCUT2D eigenvalue weighted by molar-refractivity contribution is 5.85. The number of halogens is 4. The summed E-state index contributed by atoms with van der Waals surface area (Å²) in [6.07, 6.45) is -2.34. The quantitative estimate of drug-likeness (QED) is 0.754. The topological polar surface area (TPSA) is 52.0 Å². The van der Waals surface area contributed by atoms with Crippen molar-refractivity contribution in [3.63, 3.8) is 0 Å². The molecule has 70 valence electrons. The Labute approximate surface area is 72.2 Å². The van der Waals surface area contributed by atoms with E-state index in [0.717, 1.165) is 12.5 Å². The Morgan fingerprint density at radius 1 is 1.50 bits per heavy atom. The Morgan fingerprint density at radius 2 is 2.08 bits per heavy atom. The molecular formula is C5H6ClF3N2O. The van der Waals surface area contributed by atoms with Crippen molar-refractivity contribution < 1.29 is 17.6 Å². The van der Waals surface area contributed by atoms with Gasteiger partial charge >= 0.3 is 6.18 Å². The molecule has 1 atom stereocenters. The minimum atomic E-state index is -4.50. The maximum atomic E-state index is 11.8. The Hall–Kier alpha value is -0.750. The van der Waals surface area contributed by atoms with E-state index in [1.165, 1.54) is 0 Å². The maximum Gasteiger partial charge on any atom is 0.412 e. The van der Waals surface area contributed by atoms with Gasteiger partial charge in [-0.15, -0.1) is 12.4 Å². The highest BCUT2D eigenvalue weighted by atomic mass is 35.5. The molecule has 0 bridgehead atoms. The molecule has 0 radical (unpaired) electrons. The number of nitrogens with zero attached hydrogens (tertiary/aromatic N) is 1. The standard InChI is InChI=1S/C5H5F3N2O.ClH/c6-5(7,8)3(9)4-10-1-2-11-4;/h1-3H,9H2;1H. The molecule has 0 saturated heterocycles. The largest absolute Gasteiger partial charge is 0.447 e. The molecule has 7 heteroatoms. The lowest BCUT2D eigenvalue weighted by Gasteiger charge is -2.10. The summed E-state index contributed by atoms with van der Waals surface area (Å²) in [5.74, 6) is -0.516. The van der Waals surface area contributed by atoms with Gasteiger partial charge < -0.3 is 10.2 Å². The summed E-state index contributed by atoms with van der Waals surface area (Å²) in [7, 11) is 0. The van der Waals surface area contributed by atoms with E-state index in [0.29, 0.717) is 0 Å². The molecule has 3 nitrogen and oxygen atoms in total. The molecule has 0 aromatic carbocycles. The first-order valence-corrected chi connectivity index (χ1v) is 2.73. The first-order valence-electron chi connectivity index (χ1n) is 2.73. The zero-order valence-corrected chi connectivity index (χ0v) is 6.52. The molecule has 1 aromatic heterocycles. The average Bonchev–Trinajstić information content (AvgIpc) is 2.34. The second-order valence-electron chi connectivity index (χ2n) is 1.89. The normalized spacial score (nSPS) is 13.7. The molecule has 0 spiro atoms. The van der Waals surface area contributed by atoms with Gasteiger partial charge in [-0.05, 0) is 0 Å². The summed E-state index contributed by atoms with van der Waals surface area (Å²) in [4.78, 5) is 3.27. The van der Waals surface area contributed by atoms with Gasteiger partial charge in [0.15, 0.2) is 6.04 Å². The van der Waals surface area contributed by atoms with Crippen molar-refractivity contribution in [1.29, 1.82) is 0 Å². The van der Waals surface area contributed by atoms with Crippen molar-refractivity contribution in [3.8, 4) is 0 Å². The number of nitrogens with two attached hydrogens (primary N) is 1. The molecule has 1 heterocycles. The van der Waals surface area contributed by atoms with E-state index in [-0.39, 0.29) is 12.4 Å². The Kier molecular flexibility index (Phi) is 3.54. The lowest BCUT2D eigenvalue weighted by atomic mass is 10.3. The fourth-order valence-corrected chi connectivity index (χ4v) is 0.528. The van der Waals surface area contributed by atoms with Gasteiger partial charge in [-0.3, -0.25) is 0 Å². The van der Waals surface area contributed by atoms with E-state index in [2.05, 4.69) is 9.40 Å². The fourth-order valence-electron chi connectivity index (χ4n) is 0.528. The van der Waals surface area contributed by atoms with E-state index in [1.807, 2.05) is 0 Å². The van der Waals surface area contributed by atoms with Crippen LogP contribution in [0.25, 0.3) is 0 Å². The van der Waals surface area contributed by atoms with Gasteiger partial charge in [0.05, 0.1) is 6.20 Å². The van der Waals surface area contributed by atoms with Crippen LogP contribution in [0.5, 0.6) is 0 Å². The number of oxazole rings is 1. The van der Waals surface area contributed by atoms with E-state index in [9.17, 15) is 13.2 Å². The molecule has 1 rings (SSSR count). The average molecular weight is 203 g/mol. The molecular weight excluding hydrogens is 197 g/mol. The second-order valence-corrected chi connectivity index (χ2v) is 1.89.